The molecule has 1 N–H and O–H groups in total. The number of rotatable bonds is 5. The number of hydrogen-bond acceptors (Lipinski definition) is 4. The number of aryl methyl sites for hydroxylation is 1. The van der Waals surface area contributed by atoms with Crippen molar-refractivity contribution in [1.29, 1.82) is 0 Å². The first-order valence-electron chi connectivity index (χ1n) is 8.48. The number of benzene rings is 1. The van der Waals surface area contributed by atoms with Crippen LogP contribution < -0.4 is 5.32 Å². The molecule has 1 aliphatic rings. The number of carbonyl (C=O) groups is 1. The molecule has 7 nitrogen and oxygen atoms in total. The number of amides is 1. The van der Waals surface area contributed by atoms with E-state index in [0.717, 1.165) is 5.56 Å². The van der Waals surface area contributed by atoms with Gasteiger partial charge in [-0.15, -0.1) is 0 Å². The maximum Gasteiger partial charge on any atom is 0.236 e. The predicted molar refractivity (Wildman–Crippen MR) is 101 cm³/mol. The molecule has 0 bridgehead atoms. The first-order chi connectivity index (χ1) is 12.4. The minimum Gasteiger partial charge on any atom is -0.309 e. The van der Waals surface area contributed by atoms with Gasteiger partial charge in [-0.05, 0) is 24.5 Å². The summed E-state index contributed by atoms with van der Waals surface area (Å²) in [5.41, 5.74) is 0.834. The summed E-state index contributed by atoms with van der Waals surface area (Å²) >= 11 is 0. The van der Waals surface area contributed by atoms with Crippen LogP contribution in [0.1, 0.15) is 18.4 Å². The molecule has 1 aromatic heterocycles. The van der Waals surface area contributed by atoms with E-state index < -0.39 is 10.0 Å². The van der Waals surface area contributed by atoms with E-state index in [1.54, 1.807) is 30.1 Å². The van der Waals surface area contributed by atoms with Crippen molar-refractivity contribution in [3.63, 3.8) is 0 Å². The Kier molecular flexibility index (Phi) is 5.53. The van der Waals surface area contributed by atoms with Gasteiger partial charge in [-0.2, -0.15) is 9.40 Å². The Balaban J connectivity index is 1.55. The normalized spacial score (nSPS) is 16.8. The summed E-state index contributed by atoms with van der Waals surface area (Å²) in [4.78, 5) is 12.3. The maximum atomic E-state index is 12.5. The van der Waals surface area contributed by atoms with E-state index in [9.17, 15) is 13.2 Å². The largest absolute Gasteiger partial charge is 0.309 e. The fraction of sp³-hybridized carbons (Fsp3) is 0.333. The molecule has 0 saturated carbocycles. The lowest BCUT2D eigenvalue weighted by molar-refractivity contribution is -0.120. The van der Waals surface area contributed by atoms with E-state index in [1.807, 2.05) is 30.3 Å². The molecule has 1 saturated heterocycles. The fourth-order valence-corrected chi connectivity index (χ4v) is 4.12. The van der Waals surface area contributed by atoms with Crippen LogP contribution in [0.5, 0.6) is 0 Å². The quantitative estimate of drug-likeness (QED) is 0.868. The first kappa shape index (κ1) is 18.3. The molecule has 0 radical (unpaired) electrons. The number of aromatic nitrogens is 2. The van der Waals surface area contributed by atoms with Crippen molar-refractivity contribution in [3.8, 4) is 0 Å². The Morgan fingerprint density at radius 1 is 1.19 bits per heavy atom. The second-order valence-electron chi connectivity index (χ2n) is 6.30. The lowest BCUT2D eigenvalue weighted by Gasteiger charge is -2.29. The highest BCUT2D eigenvalue weighted by atomic mass is 32.2. The number of anilines is 1. The first-order valence-corrected chi connectivity index (χ1v) is 9.98. The van der Waals surface area contributed by atoms with E-state index in [0.29, 0.717) is 31.7 Å². The van der Waals surface area contributed by atoms with Crippen molar-refractivity contribution in [2.24, 2.45) is 13.0 Å². The van der Waals surface area contributed by atoms with Crippen LogP contribution in [0.4, 0.5) is 5.82 Å². The molecule has 3 rings (SSSR count). The topological polar surface area (TPSA) is 84.3 Å². The molecule has 1 fully saturated rings. The number of hydrogen-bond donors (Lipinski definition) is 1. The summed E-state index contributed by atoms with van der Waals surface area (Å²) in [6.45, 7) is 0.670. The number of nitrogens with zero attached hydrogens (tertiary/aromatic N) is 3. The fourth-order valence-electron chi connectivity index (χ4n) is 2.90. The van der Waals surface area contributed by atoms with Crippen LogP contribution in [0.2, 0.25) is 0 Å². The summed E-state index contributed by atoms with van der Waals surface area (Å²) in [7, 11) is -1.70. The Bertz CT molecular complexity index is 882. The molecule has 1 aromatic carbocycles. The van der Waals surface area contributed by atoms with Gasteiger partial charge in [0, 0.05) is 43.7 Å². The smallest absolute Gasteiger partial charge is 0.236 e. The Morgan fingerprint density at radius 2 is 1.88 bits per heavy atom. The Morgan fingerprint density at radius 3 is 2.50 bits per heavy atom. The van der Waals surface area contributed by atoms with Crippen molar-refractivity contribution in [2.45, 2.75) is 12.8 Å². The molecule has 0 unspecified atom stereocenters. The van der Waals surface area contributed by atoms with E-state index in [1.165, 1.54) is 9.71 Å². The van der Waals surface area contributed by atoms with Crippen LogP contribution in [-0.4, -0.2) is 41.5 Å². The average Bonchev–Trinajstić information content (AvgIpc) is 3.06. The highest BCUT2D eigenvalue weighted by molar-refractivity contribution is 7.92. The van der Waals surface area contributed by atoms with Gasteiger partial charge in [0.15, 0.2) is 5.82 Å². The van der Waals surface area contributed by atoms with Crippen molar-refractivity contribution in [2.75, 3.05) is 18.4 Å². The van der Waals surface area contributed by atoms with Crippen molar-refractivity contribution < 1.29 is 13.2 Å². The monoisotopic (exact) mass is 374 g/mol. The summed E-state index contributed by atoms with van der Waals surface area (Å²) in [6.07, 6.45) is 4.34. The zero-order valence-corrected chi connectivity index (χ0v) is 15.4. The molecule has 2 aromatic rings. The third-order valence-corrected chi connectivity index (χ3v) is 5.95. The molecule has 26 heavy (non-hydrogen) atoms. The standard InChI is InChI=1S/C18H22N4O3S/c1-21-11-9-17(20-21)19-18(23)16-7-12-22(13-8-16)26(24,25)14-10-15-5-3-2-4-6-15/h2-6,9-11,14,16H,7-8,12-13H2,1H3,(H,19,20,23). The van der Waals surface area contributed by atoms with Gasteiger partial charge in [-0.25, -0.2) is 8.42 Å². The van der Waals surface area contributed by atoms with E-state index >= 15 is 0 Å². The molecule has 0 atom stereocenters. The van der Waals surface area contributed by atoms with Gasteiger partial charge in [-0.1, -0.05) is 30.3 Å². The molecule has 0 spiro atoms. The van der Waals surface area contributed by atoms with E-state index in [2.05, 4.69) is 10.4 Å². The minimum atomic E-state index is -3.48. The second kappa shape index (κ2) is 7.84. The van der Waals surface area contributed by atoms with Gasteiger partial charge in [0.2, 0.25) is 15.9 Å². The van der Waals surface area contributed by atoms with Crippen molar-refractivity contribution in [1.82, 2.24) is 14.1 Å². The van der Waals surface area contributed by atoms with Gasteiger partial charge in [0.25, 0.3) is 0 Å². The Labute approximate surface area is 153 Å². The van der Waals surface area contributed by atoms with Crippen LogP contribution in [-0.2, 0) is 21.9 Å². The van der Waals surface area contributed by atoms with Crippen LogP contribution in [0.25, 0.3) is 6.08 Å². The van der Waals surface area contributed by atoms with Crippen LogP contribution in [0.15, 0.2) is 48.0 Å². The average molecular weight is 374 g/mol. The van der Waals surface area contributed by atoms with Gasteiger partial charge in [0.05, 0.1) is 0 Å². The maximum absolute atomic E-state index is 12.5. The third-order valence-electron chi connectivity index (χ3n) is 4.38. The van der Waals surface area contributed by atoms with Gasteiger partial charge in [-0.3, -0.25) is 9.48 Å². The van der Waals surface area contributed by atoms with Gasteiger partial charge < -0.3 is 5.32 Å². The number of piperidine rings is 1. The summed E-state index contributed by atoms with van der Waals surface area (Å²) in [5.74, 6) is 0.195. The van der Waals surface area contributed by atoms with E-state index in [-0.39, 0.29) is 11.8 Å². The molecule has 2 heterocycles. The minimum absolute atomic E-state index is 0.111. The summed E-state index contributed by atoms with van der Waals surface area (Å²) in [5, 5.41) is 8.13. The SMILES string of the molecule is Cn1ccc(NC(=O)C2CCN(S(=O)(=O)C=Cc3ccccc3)CC2)n1. The summed E-state index contributed by atoms with van der Waals surface area (Å²) in [6, 6.07) is 11.0. The van der Waals surface area contributed by atoms with Crippen LogP contribution >= 0.6 is 0 Å². The highest BCUT2D eigenvalue weighted by Gasteiger charge is 2.30. The number of sulfonamides is 1. The zero-order chi connectivity index (χ0) is 18.6. The second-order valence-corrected chi connectivity index (χ2v) is 8.11. The third kappa shape index (κ3) is 4.59. The molecule has 0 aliphatic carbocycles. The van der Waals surface area contributed by atoms with Crippen molar-refractivity contribution in [3.05, 3.63) is 53.6 Å². The molecular formula is C18H22N4O3S. The van der Waals surface area contributed by atoms with Gasteiger partial charge in [0.1, 0.15) is 0 Å². The van der Waals surface area contributed by atoms with Crippen molar-refractivity contribution >= 4 is 27.8 Å². The predicted octanol–water partition coefficient (Wildman–Crippen LogP) is 2.07. The van der Waals surface area contributed by atoms with Crippen LogP contribution in [0.3, 0.4) is 0 Å². The highest BCUT2D eigenvalue weighted by Crippen LogP contribution is 2.22. The van der Waals surface area contributed by atoms with Gasteiger partial charge >= 0.3 is 0 Å². The molecule has 1 aliphatic heterocycles. The molecule has 1 amide bonds. The molecular weight excluding hydrogens is 352 g/mol. The number of carbonyl (C=O) groups excluding carboxylic acids is 1. The lowest BCUT2D eigenvalue weighted by Crippen LogP contribution is -2.40. The van der Waals surface area contributed by atoms with E-state index in [4.69, 9.17) is 0 Å². The lowest BCUT2D eigenvalue weighted by atomic mass is 9.97. The Hall–Kier alpha value is -2.45. The molecule has 8 heteroatoms. The van der Waals surface area contributed by atoms with Crippen LogP contribution in [0, 0.1) is 5.92 Å². The zero-order valence-electron chi connectivity index (χ0n) is 14.6. The molecule has 138 valence electrons. The number of nitrogens with one attached hydrogen (secondary N) is 1. The summed E-state index contributed by atoms with van der Waals surface area (Å²) < 4.78 is 28.0.